The van der Waals surface area contributed by atoms with Gasteiger partial charge in [0.1, 0.15) is 0 Å². The summed E-state index contributed by atoms with van der Waals surface area (Å²) >= 11 is 1.96. The van der Waals surface area contributed by atoms with Crippen molar-refractivity contribution in [2.45, 2.75) is 52.4 Å². The first-order valence-electron chi connectivity index (χ1n) is 29.9. The minimum atomic E-state index is -0.706. The summed E-state index contributed by atoms with van der Waals surface area (Å²) in [6.07, 6.45) is 0. The number of hydrogen-bond donors (Lipinski definition) is 0. The molecule has 0 saturated carbocycles. The molecule has 17 rings (SSSR count). The van der Waals surface area contributed by atoms with E-state index in [0.717, 1.165) is 28.1 Å². The summed E-state index contributed by atoms with van der Waals surface area (Å²) in [6, 6.07) is 90.6. The SMILES string of the molecule is Cc1ccc(N2c3cc4c(cc3B3c5sc6ccc(C)cc6c5N(c5ccc(C(C)(C)C)cc5)c5cc(C)cc2c53)-c2ccccc2C42c3ccccc3-c3ccc(-c4nc(-c5ccccc5)nc(-c5ccccc5)n4)cc32)c(-c2ccccc2)c1. The lowest BCUT2D eigenvalue weighted by atomic mass is 9.36. The Hall–Kier alpha value is -9.95. The average Bonchev–Trinajstić information content (AvgIpc) is 1.45. The Morgan fingerprint density at radius 3 is 1.59 bits per heavy atom. The average molecular weight is 1120 g/mol. The maximum Gasteiger partial charge on any atom is 0.264 e. The first kappa shape index (κ1) is 50.6. The van der Waals surface area contributed by atoms with Crippen LogP contribution in [0.3, 0.4) is 0 Å². The second-order valence-corrected chi connectivity index (χ2v) is 26.0. The highest BCUT2D eigenvalue weighted by Crippen LogP contribution is 2.64. The number of rotatable bonds is 6. The zero-order valence-electron chi connectivity index (χ0n) is 48.8. The lowest BCUT2D eigenvalue weighted by Crippen LogP contribution is -2.60. The fourth-order valence-electron chi connectivity index (χ4n) is 14.8. The summed E-state index contributed by atoms with van der Waals surface area (Å²) in [5, 5.41) is 1.29. The summed E-state index contributed by atoms with van der Waals surface area (Å²) in [5.74, 6) is 1.92. The van der Waals surface area contributed by atoms with Gasteiger partial charge in [-0.1, -0.05) is 214 Å². The maximum absolute atomic E-state index is 5.32. The van der Waals surface area contributed by atoms with Crippen molar-refractivity contribution in [1.82, 2.24) is 15.0 Å². The van der Waals surface area contributed by atoms with Gasteiger partial charge in [-0.25, -0.2) is 15.0 Å². The molecule has 5 nitrogen and oxygen atoms in total. The van der Waals surface area contributed by atoms with Crippen LogP contribution in [0.15, 0.2) is 243 Å². The van der Waals surface area contributed by atoms with E-state index in [4.69, 9.17) is 15.0 Å². The van der Waals surface area contributed by atoms with E-state index in [0.29, 0.717) is 17.5 Å². The zero-order valence-corrected chi connectivity index (χ0v) is 49.6. The topological polar surface area (TPSA) is 45.2 Å². The van der Waals surface area contributed by atoms with E-state index in [2.05, 4.69) is 258 Å². The van der Waals surface area contributed by atoms with Crippen LogP contribution in [0, 0.1) is 20.8 Å². The lowest BCUT2D eigenvalue weighted by molar-refractivity contribution is 0.590. The smallest absolute Gasteiger partial charge is 0.264 e. The van der Waals surface area contributed by atoms with Crippen LogP contribution in [0.5, 0.6) is 0 Å². The summed E-state index contributed by atoms with van der Waals surface area (Å²) < 4.78 is 2.66. The van der Waals surface area contributed by atoms with Gasteiger partial charge in [0, 0.05) is 59.9 Å². The molecule has 408 valence electrons. The summed E-state index contributed by atoms with van der Waals surface area (Å²) in [6.45, 7) is 13.6. The lowest BCUT2D eigenvalue weighted by Gasteiger charge is -2.44. The molecule has 13 aromatic rings. The van der Waals surface area contributed by atoms with Crippen molar-refractivity contribution in [2.24, 2.45) is 0 Å². The monoisotopic (exact) mass is 1120 g/mol. The zero-order chi connectivity index (χ0) is 57.7. The minimum Gasteiger partial charge on any atom is -0.311 e. The Labute approximate surface area is 506 Å². The van der Waals surface area contributed by atoms with Crippen molar-refractivity contribution in [3.05, 3.63) is 287 Å². The summed E-state index contributed by atoms with van der Waals surface area (Å²) in [7, 11) is 0. The number of benzene rings is 11. The van der Waals surface area contributed by atoms with Gasteiger partial charge in [-0.2, -0.15) is 0 Å². The van der Waals surface area contributed by atoms with E-state index in [1.54, 1.807) is 0 Å². The molecule has 1 atom stereocenters. The summed E-state index contributed by atoms with van der Waals surface area (Å²) in [4.78, 5) is 21.0. The van der Waals surface area contributed by atoms with Crippen LogP contribution in [0.1, 0.15) is 65.3 Å². The van der Waals surface area contributed by atoms with Gasteiger partial charge in [-0.05, 0) is 159 Å². The first-order valence-corrected chi connectivity index (χ1v) is 30.8. The Balaban J connectivity index is 0.968. The number of aromatic nitrogens is 3. The van der Waals surface area contributed by atoms with Gasteiger partial charge in [-0.15, -0.1) is 11.3 Å². The van der Waals surface area contributed by atoms with E-state index in [1.165, 1.54) is 126 Å². The molecule has 0 N–H and O–H groups in total. The van der Waals surface area contributed by atoms with Crippen LogP contribution in [-0.4, -0.2) is 21.7 Å². The molecular weight excluding hydrogens is 1060 g/mol. The van der Waals surface area contributed by atoms with Gasteiger partial charge < -0.3 is 9.80 Å². The first-order chi connectivity index (χ1) is 42.0. The second-order valence-electron chi connectivity index (χ2n) is 24.9. The highest BCUT2D eigenvalue weighted by Gasteiger charge is 2.54. The fourth-order valence-corrected chi connectivity index (χ4v) is 16.1. The minimum absolute atomic E-state index is 0.00962. The molecular formula is C79H58BN5S. The molecule has 0 bridgehead atoms. The quantitative estimate of drug-likeness (QED) is 0.155. The summed E-state index contributed by atoms with van der Waals surface area (Å²) in [5.41, 5.74) is 29.3. The molecule has 0 radical (unpaired) electrons. The molecule has 7 heteroatoms. The molecule has 4 aliphatic rings. The number of thiophene rings is 1. The third-order valence-electron chi connectivity index (χ3n) is 18.6. The van der Waals surface area contributed by atoms with Crippen LogP contribution in [-0.2, 0) is 10.8 Å². The van der Waals surface area contributed by atoms with Crippen LogP contribution in [0.25, 0.3) is 77.6 Å². The van der Waals surface area contributed by atoms with Gasteiger partial charge in [0.25, 0.3) is 6.71 Å². The largest absolute Gasteiger partial charge is 0.311 e. The van der Waals surface area contributed by atoms with Gasteiger partial charge >= 0.3 is 0 Å². The fraction of sp³-hybridized carbons (Fsp3) is 0.101. The van der Waals surface area contributed by atoms with Gasteiger partial charge in [0.05, 0.1) is 16.8 Å². The van der Waals surface area contributed by atoms with Crippen molar-refractivity contribution in [3.63, 3.8) is 0 Å². The third-order valence-corrected chi connectivity index (χ3v) is 19.8. The number of fused-ring (bicyclic) bond motifs is 16. The number of aryl methyl sites for hydroxylation is 3. The molecule has 4 heterocycles. The van der Waals surface area contributed by atoms with Gasteiger partial charge in [0.15, 0.2) is 17.5 Å². The third kappa shape index (κ3) is 7.40. The van der Waals surface area contributed by atoms with E-state index in [9.17, 15) is 0 Å². The molecule has 1 unspecified atom stereocenters. The second kappa shape index (κ2) is 18.8. The van der Waals surface area contributed by atoms with E-state index in [1.807, 2.05) is 47.7 Å². The molecule has 2 aliphatic carbocycles. The predicted octanol–water partition coefficient (Wildman–Crippen LogP) is 18.4. The van der Waals surface area contributed by atoms with Crippen molar-refractivity contribution >= 4 is 78.0 Å². The van der Waals surface area contributed by atoms with E-state index >= 15 is 0 Å². The standard InChI is InChI=1S/C79H58BN5S/c1-47-30-38-67(59(40-47)50-20-10-7-11-21-50)85-68-46-65-60(45-66(68)80-72-69(42-49(3)43-70(72)85)84(55-35-33-54(34-36-55)78(4,5)6)73-61-41-48(2)31-39-71(61)86-74(73)80)57-27-17-19-29-63(57)79(65)62-28-18-16-26-56(62)58-37-32-53(44-64(58)79)77-82-75(51-22-12-8-13-23-51)81-76(83-77)52-24-14-9-15-25-52/h7-46H,1-6H3. The molecule has 11 aromatic carbocycles. The van der Waals surface area contributed by atoms with Crippen molar-refractivity contribution in [3.8, 4) is 67.5 Å². The van der Waals surface area contributed by atoms with Gasteiger partial charge in [-0.3, -0.25) is 0 Å². The molecule has 0 amide bonds. The Kier molecular flexibility index (Phi) is 11.0. The molecule has 0 fully saturated rings. The number of hydrogen-bond acceptors (Lipinski definition) is 6. The Morgan fingerprint density at radius 1 is 0.395 bits per heavy atom. The van der Waals surface area contributed by atoms with Crippen LogP contribution in [0.4, 0.5) is 34.1 Å². The Morgan fingerprint density at radius 2 is 0.942 bits per heavy atom. The molecule has 2 aromatic heterocycles. The van der Waals surface area contributed by atoms with Crippen molar-refractivity contribution in [2.75, 3.05) is 9.80 Å². The van der Waals surface area contributed by atoms with Crippen molar-refractivity contribution < 1.29 is 0 Å². The van der Waals surface area contributed by atoms with Crippen molar-refractivity contribution in [1.29, 1.82) is 0 Å². The highest BCUT2D eigenvalue weighted by molar-refractivity contribution is 7.33. The highest BCUT2D eigenvalue weighted by atomic mass is 32.1. The number of anilines is 6. The van der Waals surface area contributed by atoms with Crippen LogP contribution >= 0.6 is 11.3 Å². The molecule has 1 spiro atoms. The van der Waals surface area contributed by atoms with E-state index in [-0.39, 0.29) is 12.1 Å². The van der Waals surface area contributed by atoms with Crippen LogP contribution < -0.4 is 25.5 Å². The normalized spacial score (nSPS) is 14.8. The Bertz CT molecular complexity index is 4910. The molecule has 86 heavy (non-hydrogen) atoms. The maximum atomic E-state index is 5.32. The molecule has 0 saturated heterocycles. The number of nitrogens with zero attached hydrogens (tertiary/aromatic N) is 5. The van der Waals surface area contributed by atoms with E-state index < -0.39 is 5.41 Å². The molecule has 2 aliphatic heterocycles. The van der Waals surface area contributed by atoms with Crippen LogP contribution in [0.2, 0.25) is 0 Å². The van der Waals surface area contributed by atoms with Gasteiger partial charge in [0.2, 0.25) is 0 Å². The predicted molar refractivity (Wildman–Crippen MR) is 360 cm³/mol.